The van der Waals surface area contributed by atoms with Crippen molar-refractivity contribution >= 4 is 23.7 Å². The van der Waals surface area contributed by atoms with E-state index in [0.717, 1.165) is 17.0 Å². The normalized spacial score (nSPS) is 10.9. The largest absolute Gasteiger partial charge is 0.271 e. The van der Waals surface area contributed by atoms with Crippen LogP contribution in [0.15, 0.2) is 35.4 Å². The highest BCUT2D eigenvalue weighted by Gasteiger charge is 2.05. The zero-order valence-corrected chi connectivity index (χ0v) is 12.1. The summed E-state index contributed by atoms with van der Waals surface area (Å²) >= 11 is 5.78. The molecule has 0 aliphatic carbocycles. The third-order valence-corrected chi connectivity index (χ3v) is 2.92. The topological polar surface area (TPSA) is 59.3 Å². The molecule has 2 rings (SSSR count). The van der Waals surface area contributed by atoms with Gasteiger partial charge in [-0.1, -0.05) is 23.7 Å². The van der Waals surface area contributed by atoms with Gasteiger partial charge in [0.05, 0.1) is 11.9 Å². The summed E-state index contributed by atoms with van der Waals surface area (Å²) in [6, 6.07) is 9.09. The SMILES string of the molecule is Cc1cc(C)n(CC(=O)NN=Cc2ccc(Cl)cc2)n1. The molecule has 0 atom stereocenters. The molecule has 0 fully saturated rings. The van der Waals surface area contributed by atoms with E-state index in [9.17, 15) is 4.79 Å². The molecule has 104 valence electrons. The molecule has 1 N–H and O–H groups in total. The van der Waals surface area contributed by atoms with Crippen LogP contribution in [-0.4, -0.2) is 21.9 Å². The molecule has 5 nitrogen and oxygen atoms in total. The summed E-state index contributed by atoms with van der Waals surface area (Å²) in [7, 11) is 0. The Hall–Kier alpha value is -2.14. The molecule has 1 heterocycles. The smallest absolute Gasteiger partial charge is 0.261 e. The summed E-state index contributed by atoms with van der Waals surface area (Å²) in [6.07, 6.45) is 1.56. The van der Waals surface area contributed by atoms with Crippen molar-refractivity contribution in [2.45, 2.75) is 20.4 Å². The van der Waals surface area contributed by atoms with Gasteiger partial charge in [0.2, 0.25) is 0 Å². The van der Waals surface area contributed by atoms with E-state index in [1.165, 1.54) is 0 Å². The standard InChI is InChI=1S/C14H15ClN4O/c1-10-7-11(2)19(18-10)9-14(20)17-16-8-12-3-5-13(15)6-4-12/h3-8H,9H2,1-2H3,(H,17,20). The molecule has 1 amide bonds. The van der Waals surface area contributed by atoms with E-state index in [1.807, 2.05) is 32.0 Å². The van der Waals surface area contributed by atoms with Gasteiger partial charge in [0, 0.05) is 10.7 Å². The molecule has 0 saturated heterocycles. The number of benzene rings is 1. The predicted molar refractivity (Wildman–Crippen MR) is 78.9 cm³/mol. The highest BCUT2D eigenvalue weighted by atomic mass is 35.5. The van der Waals surface area contributed by atoms with Crippen molar-refractivity contribution < 1.29 is 4.79 Å². The van der Waals surface area contributed by atoms with Gasteiger partial charge in [-0.2, -0.15) is 10.2 Å². The average Bonchev–Trinajstić information content (AvgIpc) is 2.70. The first-order valence-corrected chi connectivity index (χ1v) is 6.51. The Labute approximate surface area is 122 Å². The van der Waals surface area contributed by atoms with E-state index < -0.39 is 0 Å². The maximum atomic E-state index is 11.7. The van der Waals surface area contributed by atoms with Gasteiger partial charge in [-0.25, -0.2) is 5.43 Å². The van der Waals surface area contributed by atoms with E-state index in [1.54, 1.807) is 23.0 Å². The molecule has 20 heavy (non-hydrogen) atoms. The molecule has 0 radical (unpaired) electrons. The quantitative estimate of drug-likeness (QED) is 0.694. The molecule has 0 saturated carbocycles. The van der Waals surface area contributed by atoms with E-state index in [0.29, 0.717) is 5.02 Å². The molecule has 6 heteroatoms. The number of aromatic nitrogens is 2. The molecule has 0 aliphatic heterocycles. The predicted octanol–water partition coefficient (Wildman–Crippen LogP) is 2.30. The Kier molecular flexibility index (Phi) is 4.53. The maximum absolute atomic E-state index is 11.7. The van der Waals surface area contributed by atoms with Crippen molar-refractivity contribution in [1.29, 1.82) is 0 Å². The van der Waals surface area contributed by atoms with Crippen molar-refractivity contribution in [2.75, 3.05) is 0 Å². The van der Waals surface area contributed by atoms with Crippen molar-refractivity contribution in [3.05, 3.63) is 52.3 Å². The summed E-state index contributed by atoms with van der Waals surface area (Å²) in [5.41, 5.74) is 5.16. The van der Waals surface area contributed by atoms with Gasteiger partial charge < -0.3 is 0 Å². The number of hydrogen-bond acceptors (Lipinski definition) is 3. The van der Waals surface area contributed by atoms with Gasteiger partial charge in [0.25, 0.3) is 5.91 Å². The summed E-state index contributed by atoms with van der Waals surface area (Å²) < 4.78 is 1.64. The van der Waals surface area contributed by atoms with Crippen LogP contribution in [0, 0.1) is 13.8 Å². The lowest BCUT2D eigenvalue weighted by molar-refractivity contribution is -0.121. The monoisotopic (exact) mass is 290 g/mol. The third kappa shape index (κ3) is 3.93. The Bertz CT molecular complexity index is 631. The van der Waals surface area contributed by atoms with Crippen molar-refractivity contribution in [2.24, 2.45) is 5.10 Å². The lowest BCUT2D eigenvalue weighted by atomic mass is 10.2. The van der Waals surface area contributed by atoms with Gasteiger partial charge in [0.1, 0.15) is 6.54 Å². The number of carbonyl (C=O) groups is 1. The lowest BCUT2D eigenvalue weighted by Crippen LogP contribution is -2.24. The Morgan fingerprint density at radius 1 is 1.40 bits per heavy atom. The summed E-state index contributed by atoms with van der Waals surface area (Å²) in [4.78, 5) is 11.7. The number of rotatable bonds is 4. The molecule has 2 aromatic rings. The number of aryl methyl sites for hydroxylation is 2. The fourth-order valence-corrected chi connectivity index (χ4v) is 1.86. The molecule has 1 aromatic carbocycles. The van der Waals surface area contributed by atoms with Crippen LogP contribution in [0.1, 0.15) is 17.0 Å². The highest BCUT2D eigenvalue weighted by molar-refractivity contribution is 6.30. The van der Waals surface area contributed by atoms with Crippen LogP contribution in [0.25, 0.3) is 0 Å². The summed E-state index contributed by atoms with van der Waals surface area (Å²) in [5, 5.41) is 8.77. The second-order valence-electron chi connectivity index (χ2n) is 4.43. The lowest BCUT2D eigenvalue weighted by Gasteiger charge is -2.02. The van der Waals surface area contributed by atoms with E-state index in [4.69, 9.17) is 11.6 Å². The summed E-state index contributed by atoms with van der Waals surface area (Å²) in [5.74, 6) is -0.221. The van der Waals surface area contributed by atoms with Crippen LogP contribution in [0.4, 0.5) is 0 Å². The summed E-state index contributed by atoms with van der Waals surface area (Å²) in [6.45, 7) is 3.95. The Morgan fingerprint density at radius 2 is 2.10 bits per heavy atom. The minimum atomic E-state index is -0.221. The molecular weight excluding hydrogens is 276 g/mol. The van der Waals surface area contributed by atoms with Crippen molar-refractivity contribution in [3.8, 4) is 0 Å². The molecule has 0 unspecified atom stereocenters. The number of hydrogen-bond donors (Lipinski definition) is 1. The first kappa shape index (κ1) is 14.3. The molecular formula is C14H15ClN4O. The fourth-order valence-electron chi connectivity index (χ4n) is 1.73. The minimum absolute atomic E-state index is 0.150. The van der Waals surface area contributed by atoms with Gasteiger partial charge in [0.15, 0.2) is 0 Å². The number of hydrazone groups is 1. The van der Waals surface area contributed by atoms with Gasteiger partial charge >= 0.3 is 0 Å². The number of amides is 1. The second-order valence-corrected chi connectivity index (χ2v) is 4.87. The van der Waals surface area contributed by atoms with Crippen LogP contribution in [0.5, 0.6) is 0 Å². The van der Waals surface area contributed by atoms with Crippen LogP contribution in [0.3, 0.4) is 0 Å². The van der Waals surface area contributed by atoms with Crippen molar-refractivity contribution in [1.82, 2.24) is 15.2 Å². The van der Waals surface area contributed by atoms with E-state index in [2.05, 4.69) is 15.6 Å². The number of halogens is 1. The Balaban J connectivity index is 1.89. The van der Waals surface area contributed by atoms with Crippen LogP contribution >= 0.6 is 11.6 Å². The molecule has 0 aliphatic rings. The van der Waals surface area contributed by atoms with Gasteiger partial charge in [-0.15, -0.1) is 0 Å². The number of carbonyl (C=O) groups excluding carboxylic acids is 1. The zero-order valence-electron chi connectivity index (χ0n) is 11.3. The highest BCUT2D eigenvalue weighted by Crippen LogP contribution is 2.07. The van der Waals surface area contributed by atoms with Crippen molar-refractivity contribution in [3.63, 3.8) is 0 Å². The third-order valence-electron chi connectivity index (χ3n) is 2.67. The van der Waals surface area contributed by atoms with Crippen LogP contribution < -0.4 is 5.43 Å². The number of nitrogens with one attached hydrogen (secondary N) is 1. The van der Waals surface area contributed by atoms with Gasteiger partial charge in [-0.3, -0.25) is 9.48 Å². The number of nitrogens with zero attached hydrogens (tertiary/aromatic N) is 3. The van der Waals surface area contributed by atoms with Crippen LogP contribution in [-0.2, 0) is 11.3 Å². The van der Waals surface area contributed by atoms with Gasteiger partial charge in [-0.05, 0) is 37.6 Å². The average molecular weight is 291 g/mol. The minimum Gasteiger partial charge on any atom is -0.271 e. The Morgan fingerprint density at radius 3 is 2.70 bits per heavy atom. The van der Waals surface area contributed by atoms with E-state index in [-0.39, 0.29) is 12.5 Å². The molecule has 0 spiro atoms. The zero-order chi connectivity index (χ0) is 14.5. The first-order valence-electron chi connectivity index (χ1n) is 6.13. The second kappa shape index (κ2) is 6.34. The van der Waals surface area contributed by atoms with E-state index >= 15 is 0 Å². The maximum Gasteiger partial charge on any atom is 0.261 e. The fraction of sp³-hybridized carbons (Fsp3) is 0.214. The molecule has 1 aromatic heterocycles. The van der Waals surface area contributed by atoms with Crippen LogP contribution in [0.2, 0.25) is 5.02 Å². The molecule has 0 bridgehead atoms. The first-order chi connectivity index (χ1) is 9.54.